The molecule has 25 heavy (non-hydrogen) atoms. The van der Waals surface area contributed by atoms with E-state index in [0.29, 0.717) is 18.9 Å². The highest BCUT2D eigenvalue weighted by atomic mass is 35.5. The van der Waals surface area contributed by atoms with Crippen LogP contribution in [0.25, 0.3) is 0 Å². The summed E-state index contributed by atoms with van der Waals surface area (Å²) in [4.78, 5) is 13.9. The van der Waals surface area contributed by atoms with Gasteiger partial charge in [-0.3, -0.25) is 4.90 Å². The zero-order valence-corrected chi connectivity index (χ0v) is 15.5. The van der Waals surface area contributed by atoms with Crippen molar-refractivity contribution in [1.29, 1.82) is 0 Å². The van der Waals surface area contributed by atoms with Crippen LogP contribution in [0.5, 0.6) is 0 Å². The number of aromatic nitrogens is 2. The lowest BCUT2D eigenvalue weighted by atomic mass is 10.2. The quantitative estimate of drug-likeness (QED) is 0.788. The molecule has 2 aromatic heterocycles. The first-order valence-corrected chi connectivity index (χ1v) is 9.06. The molecule has 0 spiro atoms. The summed E-state index contributed by atoms with van der Waals surface area (Å²) in [6.07, 6.45) is -3.59. The standard InChI is InChI=1S/C16H18ClF3N4S/c1-10-14(25-11(2)22-10)9-23-3-5-24(6-4-23)15-13(17)7-12(8-21-15)16(18,19)20/h7-8H,3-6,9H2,1-2H3. The fourth-order valence-corrected chi connectivity index (χ4v) is 4.12. The summed E-state index contributed by atoms with van der Waals surface area (Å²) in [5, 5.41) is 1.10. The molecule has 136 valence electrons. The smallest absolute Gasteiger partial charge is 0.353 e. The van der Waals surface area contributed by atoms with Crippen LogP contribution in [0.15, 0.2) is 12.3 Å². The highest BCUT2D eigenvalue weighted by molar-refractivity contribution is 7.11. The Morgan fingerprint density at radius 3 is 2.40 bits per heavy atom. The van der Waals surface area contributed by atoms with Gasteiger partial charge in [-0.2, -0.15) is 13.2 Å². The van der Waals surface area contributed by atoms with Gasteiger partial charge in [-0.05, 0) is 19.9 Å². The lowest BCUT2D eigenvalue weighted by Gasteiger charge is -2.35. The third-order valence-corrected chi connectivity index (χ3v) is 5.52. The van der Waals surface area contributed by atoms with E-state index in [1.807, 2.05) is 18.7 Å². The molecule has 4 nitrogen and oxygen atoms in total. The van der Waals surface area contributed by atoms with Gasteiger partial charge in [0.25, 0.3) is 0 Å². The van der Waals surface area contributed by atoms with Crippen LogP contribution in [0.2, 0.25) is 5.02 Å². The molecule has 0 aliphatic carbocycles. The van der Waals surface area contributed by atoms with Crippen molar-refractivity contribution in [2.75, 3.05) is 31.1 Å². The average Bonchev–Trinajstić information content (AvgIpc) is 2.85. The summed E-state index contributed by atoms with van der Waals surface area (Å²) >= 11 is 7.74. The topological polar surface area (TPSA) is 32.3 Å². The molecule has 1 aliphatic heterocycles. The minimum atomic E-state index is -4.43. The molecule has 0 bridgehead atoms. The number of anilines is 1. The Hall–Kier alpha value is -1.38. The van der Waals surface area contributed by atoms with E-state index in [9.17, 15) is 13.2 Å². The average molecular weight is 391 g/mol. The number of aryl methyl sites for hydroxylation is 2. The molecule has 0 unspecified atom stereocenters. The second-order valence-corrected chi connectivity index (χ2v) is 7.73. The summed E-state index contributed by atoms with van der Waals surface area (Å²) < 4.78 is 38.1. The van der Waals surface area contributed by atoms with Crippen LogP contribution in [-0.4, -0.2) is 41.0 Å². The number of rotatable bonds is 3. The molecular formula is C16H18ClF3N4S. The minimum Gasteiger partial charge on any atom is -0.353 e. The summed E-state index contributed by atoms with van der Waals surface area (Å²) in [6, 6.07) is 0.944. The number of pyridine rings is 1. The van der Waals surface area contributed by atoms with E-state index in [2.05, 4.69) is 14.9 Å². The zero-order valence-electron chi connectivity index (χ0n) is 13.9. The van der Waals surface area contributed by atoms with Crippen LogP contribution >= 0.6 is 22.9 Å². The number of piperazine rings is 1. The van der Waals surface area contributed by atoms with Crippen molar-refractivity contribution < 1.29 is 13.2 Å². The van der Waals surface area contributed by atoms with Gasteiger partial charge >= 0.3 is 6.18 Å². The predicted octanol–water partition coefficient (Wildman–Crippen LogP) is 4.15. The molecule has 0 amide bonds. The monoisotopic (exact) mass is 390 g/mol. The molecule has 0 N–H and O–H groups in total. The van der Waals surface area contributed by atoms with E-state index in [1.165, 1.54) is 4.88 Å². The number of alkyl halides is 3. The van der Waals surface area contributed by atoms with Crippen LogP contribution in [0.3, 0.4) is 0 Å². The first-order chi connectivity index (χ1) is 11.7. The van der Waals surface area contributed by atoms with E-state index in [4.69, 9.17) is 11.6 Å². The van der Waals surface area contributed by atoms with E-state index in [-0.39, 0.29) is 5.02 Å². The van der Waals surface area contributed by atoms with Gasteiger partial charge in [-0.25, -0.2) is 9.97 Å². The number of hydrogen-bond acceptors (Lipinski definition) is 5. The third-order valence-electron chi connectivity index (χ3n) is 4.19. The molecule has 1 saturated heterocycles. The van der Waals surface area contributed by atoms with E-state index < -0.39 is 11.7 Å². The maximum absolute atomic E-state index is 12.7. The molecule has 0 aromatic carbocycles. The fourth-order valence-electron chi connectivity index (χ4n) is 2.86. The first kappa shape index (κ1) is 18.4. The number of hydrogen-bond donors (Lipinski definition) is 0. The van der Waals surface area contributed by atoms with Gasteiger partial charge < -0.3 is 4.90 Å². The van der Waals surface area contributed by atoms with Crippen molar-refractivity contribution in [3.8, 4) is 0 Å². The molecule has 1 fully saturated rings. The van der Waals surface area contributed by atoms with Crippen LogP contribution in [0, 0.1) is 13.8 Å². The highest BCUT2D eigenvalue weighted by Crippen LogP contribution is 2.33. The minimum absolute atomic E-state index is 0.0391. The second kappa shape index (κ2) is 7.09. The van der Waals surface area contributed by atoms with Gasteiger partial charge in [-0.1, -0.05) is 11.6 Å². The SMILES string of the molecule is Cc1nc(C)c(CN2CCN(c3ncc(C(F)(F)F)cc3Cl)CC2)s1. The third kappa shape index (κ3) is 4.24. The molecule has 1 aliphatic rings. The summed E-state index contributed by atoms with van der Waals surface area (Å²) in [5.41, 5.74) is 0.244. The Kier molecular flexibility index (Phi) is 5.22. The second-order valence-electron chi connectivity index (χ2n) is 6.03. The molecule has 3 rings (SSSR count). The molecule has 0 atom stereocenters. The maximum Gasteiger partial charge on any atom is 0.417 e. The largest absolute Gasteiger partial charge is 0.417 e. The molecule has 9 heteroatoms. The Morgan fingerprint density at radius 1 is 1.20 bits per heavy atom. The molecule has 3 heterocycles. The molecule has 2 aromatic rings. The Labute approximate surface area is 153 Å². The summed E-state index contributed by atoms with van der Waals surface area (Å²) in [7, 11) is 0. The fraction of sp³-hybridized carbons (Fsp3) is 0.500. The van der Waals surface area contributed by atoms with Crippen LogP contribution in [0.1, 0.15) is 21.1 Å². The first-order valence-electron chi connectivity index (χ1n) is 7.87. The highest BCUT2D eigenvalue weighted by Gasteiger charge is 2.32. The van der Waals surface area contributed by atoms with E-state index >= 15 is 0 Å². The van der Waals surface area contributed by atoms with Crippen molar-refractivity contribution in [2.24, 2.45) is 0 Å². The summed E-state index contributed by atoms with van der Waals surface area (Å²) in [6.45, 7) is 7.81. The number of nitrogens with zero attached hydrogens (tertiary/aromatic N) is 4. The number of halogens is 4. The predicted molar refractivity (Wildman–Crippen MR) is 93.3 cm³/mol. The van der Waals surface area contributed by atoms with Gasteiger partial charge in [0.05, 0.1) is 21.3 Å². The zero-order chi connectivity index (χ0) is 18.2. The van der Waals surface area contributed by atoms with Crippen LogP contribution < -0.4 is 4.90 Å². The Balaban J connectivity index is 1.63. The molecule has 0 radical (unpaired) electrons. The lowest BCUT2D eigenvalue weighted by Crippen LogP contribution is -2.46. The van der Waals surface area contributed by atoms with Gasteiger partial charge in [0.15, 0.2) is 0 Å². The maximum atomic E-state index is 12.7. The van der Waals surface area contributed by atoms with Gasteiger partial charge in [0, 0.05) is 43.8 Å². The van der Waals surface area contributed by atoms with Gasteiger partial charge in [-0.15, -0.1) is 11.3 Å². The van der Waals surface area contributed by atoms with Gasteiger partial charge in [0.2, 0.25) is 0 Å². The van der Waals surface area contributed by atoms with Crippen LogP contribution in [-0.2, 0) is 12.7 Å². The summed E-state index contributed by atoms with van der Waals surface area (Å²) in [5.74, 6) is 0.416. The van der Waals surface area contributed by atoms with E-state index in [0.717, 1.165) is 42.6 Å². The van der Waals surface area contributed by atoms with E-state index in [1.54, 1.807) is 11.3 Å². The van der Waals surface area contributed by atoms with Crippen molar-refractivity contribution in [3.63, 3.8) is 0 Å². The molecular weight excluding hydrogens is 373 g/mol. The van der Waals surface area contributed by atoms with Crippen molar-refractivity contribution in [3.05, 3.63) is 38.4 Å². The Bertz CT molecular complexity index is 754. The van der Waals surface area contributed by atoms with Gasteiger partial charge in [0.1, 0.15) is 5.82 Å². The molecule has 0 saturated carbocycles. The Morgan fingerprint density at radius 2 is 1.88 bits per heavy atom. The van der Waals surface area contributed by atoms with Crippen molar-refractivity contribution in [2.45, 2.75) is 26.6 Å². The van der Waals surface area contributed by atoms with Crippen LogP contribution in [0.4, 0.5) is 19.0 Å². The number of thiazole rings is 1. The lowest BCUT2D eigenvalue weighted by molar-refractivity contribution is -0.137. The van der Waals surface area contributed by atoms with Crippen molar-refractivity contribution >= 4 is 28.8 Å². The normalized spacial score (nSPS) is 16.5. The van der Waals surface area contributed by atoms with Crippen molar-refractivity contribution in [1.82, 2.24) is 14.9 Å².